The first-order valence-corrected chi connectivity index (χ1v) is 3.49. The molecule has 1 rings (SSSR count). The minimum Gasteiger partial charge on any atom is -0.480 e. The van der Waals surface area contributed by atoms with Gasteiger partial charge in [0.25, 0.3) is 6.43 Å². The number of halogens is 2. The second-order valence-corrected chi connectivity index (χ2v) is 2.43. The van der Waals surface area contributed by atoms with Gasteiger partial charge in [-0.15, -0.1) is 5.10 Å². The van der Waals surface area contributed by atoms with Crippen molar-refractivity contribution in [1.29, 1.82) is 0 Å². The molecule has 0 aliphatic heterocycles. The van der Waals surface area contributed by atoms with Crippen LogP contribution in [0.1, 0.15) is 5.56 Å². The van der Waals surface area contributed by atoms with E-state index in [1.807, 2.05) is 0 Å². The standard InChI is InChI=1S/C7H10F2N2O/c1-5-3-11(4-6(8)9)10-7(5)12-2/h3,6H,4H2,1-2H3. The Morgan fingerprint density at radius 1 is 1.67 bits per heavy atom. The van der Waals surface area contributed by atoms with E-state index >= 15 is 0 Å². The molecule has 3 nitrogen and oxygen atoms in total. The van der Waals surface area contributed by atoms with E-state index in [1.54, 1.807) is 6.92 Å². The van der Waals surface area contributed by atoms with Crippen molar-refractivity contribution >= 4 is 0 Å². The quantitative estimate of drug-likeness (QED) is 0.697. The molecule has 0 N–H and O–H groups in total. The topological polar surface area (TPSA) is 27.1 Å². The second kappa shape index (κ2) is 3.51. The predicted octanol–water partition coefficient (Wildman–Crippen LogP) is 1.47. The van der Waals surface area contributed by atoms with Crippen molar-refractivity contribution in [3.63, 3.8) is 0 Å². The number of hydrogen-bond donors (Lipinski definition) is 0. The highest BCUT2D eigenvalue weighted by Crippen LogP contribution is 2.13. The summed E-state index contributed by atoms with van der Waals surface area (Å²) < 4.78 is 29.7. The summed E-state index contributed by atoms with van der Waals surface area (Å²) in [6, 6.07) is 0. The summed E-state index contributed by atoms with van der Waals surface area (Å²) in [5.41, 5.74) is 0.762. The smallest absolute Gasteiger partial charge is 0.257 e. The molecule has 0 bridgehead atoms. The first kappa shape index (κ1) is 8.96. The average Bonchev–Trinajstić information content (AvgIpc) is 2.29. The number of aromatic nitrogens is 2. The lowest BCUT2D eigenvalue weighted by molar-refractivity contribution is 0.121. The lowest BCUT2D eigenvalue weighted by atomic mass is 10.4. The van der Waals surface area contributed by atoms with Gasteiger partial charge in [0.1, 0.15) is 6.54 Å². The summed E-state index contributed by atoms with van der Waals surface area (Å²) in [5, 5.41) is 3.78. The molecule has 0 atom stereocenters. The monoisotopic (exact) mass is 176 g/mol. The van der Waals surface area contributed by atoms with E-state index in [9.17, 15) is 8.78 Å². The van der Waals surface area contributed by atoms with Crippen LogP contribution in [0.15, 0.2) is 6.20 Å². The van der Waals surface area contributed by atoms with E-state index in [0.717, 1.165) is 5.56 Å². The van der Waals surface area contributed by atoms with Crippen LogP contribution in [0.5, 0.6) is 5.88 Å². The van der Waals surface area contributed by atoms with Gasteiger partial charge in [-0.3, -0.25) is 4.68 Å². The van der Waals surface area contributed by atoms with E-state index in [2.05, 4.69) is 5.10 Å². The third kappa shape index (κ3) is 1.93. The molecule has 5 heteroatoms. The van der Waals surface area contributed by atoms with Gasteiger partial charge in [-0.05, 0) is 6.92 Å². The van der Waals surface area contributed by atoms with Gasteiger partial charge in [0.2, 0.25) is 5.88 Å². The number of methoxy groups -OCH3 is 1. The van der Waals surface area contributed by atoms with Crippen LogP contribution in [0.2, 0.25) is 0 Å². The number of aryl methyl sites for hydroxylation is 1. The van der Waals surface area contributed by atoms with Gasteiger partial charge in [-0.25, -0.2) is 8.78 Å². The maximum atomic E-state index is 11.9. The molecule has 12 heavy (non-hydrogen) atoms. The number of hydrogen-bond acceptors (Lipinski definition) is 2. The molecule has 0 radical (unpaired) electrons. The Hall–Kier alpha value is -1.13. The molecule has 0 fully saturated rings. The minimum atomic E-state index is -2.38. The first-order valence-electron chi connectivity index (χ1n) is 3.49. The molecular weight excluding hydrogens is 166 g/mol. The van der Waals surface area contributed by atoms with Crippen LogP contribution >= 0.6 is 0 Å². The lowest BCUT2D eigenvalue weighted by Crippen LogP contribution is -2.06. The van der Waals surface area contributed by atoms with E-state index < -0.39 is 6.43 Å². The van der Waals surface area contributed by atoms with Crippen LogP contribution < -0.4 is 4.74 Å². The second-order valence-electron chi connectivity index (χ2n) is 2.43. The Morgan fingerprint density at radius 2 is 2.33 bits per heavy atom. The molecule has 0 aliphatic rings. The Balaban J connectivity index is 2.75. The minimum absolute atomic E-state index is 0.385. The van der Waals surface area contributed by atoms with Crippen molar-refractivity contribution in [3.05, 3.63) is 11.8 Å². The Bertz CT molecular complexity index is 260. The zero-order valence-corrected chi connectivity index (χ0v) is 6.92. The van der Waals surface area contributed by atoms with Crippen LogP contribution in [0.4, 0.5) is 8.78 Å². The van der Waals surface area contributed by atoms with Crippen LogP contribution in [0.3, 0.4) is 0 Å². The predicted molar refractivity (Wildman–Crippen MR) is 39.5 cm³/mol. The molecule has 68 valence electrons. The van der Waals surface area contributed by atoms with Gasteiger partial charge in [-0.2, -0.15) is 0 Å². The summed E-state index contributed by atoms with van der Waals surface area (Å²) in [5.74, 6) is 0.399. The maximum Gasteiger partial charge on any atom is 0.257 e. The molecule has 0 saturated carbocycles. The average molecular weight is 176 g/mol. The number of alkyl halides is 2. The fraction of sp³-hybridized carbons (Fsp3) is 0.571. The molecule has 0 aromatic carbocycles. The van der Waals surface area contributed by atoms with Crippen LogP contribution in [-0.4, -0.2) is 23.3 Å². The normalized spacial score (nSPS) is 10.8. The van der Waals surface area contributed by atoms with E-state index in [1.165, 1.54) is 18.0 Å². The molecule has 1 aromatic rings. The summed E-state index contributed by atoms with van der Waals surface area (Å²) in [4.78, 5) is 0. The Morgan fingerprint density at radius 3 is 2.75 bits per heavy atom. The summed E-state index contributed by atoms with van der Waals surface area (Å²) in [6.07, 6.45) is -0.848. The largest absolute Gasteiger partial charge is 0.480 e. The van der Waals surface area contributed by atoms with Crippen LogP contribution in [0.25, 0.3) is 0 Å². The van der Waals surface area contributed by atoms with E-state index in [0.29, 0.717) is 5.88 Å². The highest BCUT2D eigenvalue weighted by Gasteiger charge is 2.08. The maximum absolute atomic E-state index is 11.9. The molecule has 0 spiro atoms. The van der Waals surface area contributed by atoms with Gasteiger partial charge in [-0.1, -0.05) is 0 Å². The van der Waals surface area contributed by atoms with Crippen molar-refractivity contribution in [2.45, 2.75) is 19.9 Å². The van der Waals surface area contributed by atoms with Crippen molar-refractivity contribution in [2.24, 2.45) is 0 Å². The fourth-order valence-electron chi connectivity index (χ4n) is 0.940. The highest BCUT2D eigenvalue weighted by atomic mass is 19.3. The molecule has 1 heterocycles. The summed E-state index contributed by atoms with van der Waals surface area (Å²) >= 11 is 0. The zero-order valence-electron chi connectivity index (χ0n) is 6.92. The molecule has 0 saturated heterocycles. The number of rotatable bonds is 3. The van der Waals surface area contributed by atoms with Crippen molar-refractivity contribution in [2.75, 3.05) is 7.11 Å². The molecule has 0 unspecified atom stereocenters. The van der Waals surface area contributed by atoms with E-state index in [-0.39, 0.29) is 6.54 Å². The SMILES string of the molecule is COc1nn(CC(F)F)cc1C. The van der Waals surface area contributed by atoms with E-state index in [4.69, 9.17) is 4.74 Å². The molecule has 0 amide bonds. The van der Waals surface area contributed by atoms with Crippen LogP contribution in [-0.2, 0) is 6.54 Å². The molecule has 0 aliphatic carbocycles. The van der Waals surface area contributed by atoms with Gasteiger partial charge < -0.3 is 4.74 Å². The van der Waals surface area contributed by atoms with Crippen molar-refractivity contribution < 1.29 is 13.5 Å². The Labute approximate surface area is 68.9 Å². The molecular formula is C7H10F2N2O. The van der Waals surface area contributed by atoms with Gasteiger partial charge in [0.05, 0.1) is 7.11 Å². The third-order valence-corrected chi connectivity index (χ3v) is 1.42. The lowest BCUT2D eigenvalue weighted by Gasteiger charge is -1.97. The zero-order chi connectivity index (χ0) is 9.14. The third-order valence-electron chi connectivity index (χ3n) is 1.42. The number of nitrogens with zero attached hydrogens (tertiary/aromatic N) is 2. The van der Waals surface area contributed by atoms with Crippen molar-refractivity contribution in [1.82, 2.24) is 9.78 Å². The molecule has 1 aromatic heterocycles. The van der Waals surface area contributed by atoms with Crippen molar-refractivity contribution in [3.8, 4) is 5.88 Å². The fourth-order valence-corrected chi connectivity index (χ4v) is 0.940. The highest BCUT2D eigenvalue weighted by molar-refractivity contribution is 5.20. The Kier molecular flexibility index (Phi) is 2.62. The van der Waals surface area contributed by atoms with Crippen LogP contribution in [0, 0.1) is 6.92 Å². The first-order chi connectivity index (χ1) is 5.63. The van der Waals surface area contributed by atoms with Gasteiger partial charge >= 0.3 is 0 Å². The summed E-state index contributed by atoms with van der Waals surface area (Å²) in [7, 11) is 1.46. The van der Waals surface area contributed by atoms with Gasteiger partial charge in [0, 0.05) is 11.8 Å². The summed E-state index contributed by atoms with van der Waals surface area (Å²) in [6.45, 7) is 1.37. The van der Waals surface area contributed by atoms with Gasteiger partial charge in [0.15, 0.2) is 0 Å². The number of ether oxygens (including phenoxy) is 1.